The van der Waals surface area contributed by atoms with Crippen molar-refractivity contribution in [2.45, 2.75) is 50.7 Å². The van der Waals surface area contributed by atoms with Gasteiger partial charge in [-0.05, 0) is 43.9 Å². The summed E-state index contributed by atoms with van der Waals surface area (Å²) in [4.78, 5) is 2.51. The molecule has 3 nitrogen and oxygen atoms in total. The van der Waals surface area contributed by atoms with E-state index >= 15 is 0 Å². The largest absolute Gasteiger partial charge is 0.399 e. The standard InChI is InChI=1S/C17H26N2O/c1-13(14-5-4-7-16(18)11-14)19-10-9-17(20)8-3-2-6-15(17)12-19/h4-5,7,11,13,15,20H,2-3,6,8-10,12,18H2,1H3. The summed E-state index contributed by atoms with van der Waals surface area (Å²) in [6, 6.07) is 8.58. The third kappa shape index (κ3) is 2.57. The van der Waals surface area contributed by atoms with E-state index in [0.29, 0.717) is 12.0 Å². The Morgan fingerprint density at radius 3 is 3.00 bits per heavy atom. The molecule has 0 bridgehead atoms. The predicted molar refractivity (Wildman–Crippen MR) is 82.4 cm³/mol. The van der Waals surface area contributed by atoms with Gasteiger partial charge in [-0.25, -0.2) is 0 Å². The van der Waals surface area contributed by atoms with Crippen molar-refractivity contribution < 1.29 is 5.11 Å². The highest BCUT2D eigenvalue weighted by molar-refractivity contribution is 5.41. The quantitative estimate of drug-likeness (QED) is 0.815. The summed E-state index contributed by atoms with van der Waals surface area (Å²) in [5.74, 6) is 0.452. The maximum absolute atomic E-state index is 10.8. The maximum Gasteiger partial charge on any atom is 0.0700 e. The van der Waals surface area contributed by atoms with E-state index in [1.54, 1.807) is 0 Å². The molecule has 2 fully saturated rings. The van der Waals surface area contributed by atoms with Crippen molar-refractivity contribution >= 4 is 5.69 Å². The summed E-state index contributed by atoms with van der Waals surface area (Å²) in [5.41, 5.74) is 7.63. The Labute approximate surface area is 121 Å². The zero-order chi connectivity index (χ0) is 14.2. The first-order valence-electron chi connectivity index (χ1n) is 7.90. The number of rotatable bonds is 2. The number of benzene rings is 1. The molecule has 0 spiro atoms. The van der Waals surface area contributed by atoms with Crippen molar-refractivity contribution in [2.24, 2.45) is 5.92 Å². The van der Waals surface area contributed by atoms with Gasteiger partial charge < -0.3 is 10.8 Å². The van der Waals surface area contributed by atoms with Gasteiger partial charge in [0.25, 0.3) is 0 Å². The second kappa shape index (κ2) is 5.38. The summed E-state index contributed by atoms with van der Waals surface area (Å²) < 4.78 is 0. The molecule has 1 aliphatic carbocycles. The van der Waals surface area contributed by atoms with E-state index < -0.39 is 0 Å². The minimum Gasteiger partial charge on any atom is -0.399 e. The molecule has 1 aromatic carbocycles. The predicted octanol–water partition coefficient (Wildman–Crippen LogP) is 2.96. The van der Waals surface area contributed by atoms with Crippen LogP contribution in [0, 0.1) is 5.92 Å². The highest BCUT2D eigenvalue weighted by Crippen LogP contribution is 2.41. The first-order valence-corrected chi connectivity index (χ1v) is 7.90. The highest BCUT2D eigenvalue weighted by Gasteiger charge is 2.43. The summed E-state index contributed by atoms with van der Waals surface area (Å²) in [6.07, 6.45) is 5.56. The fourth-order valence-corrected chi connectivity index (χ4v) is 3.98. The summed E-state index contributed by atoms with van der Waals surface area (Å²) >= 11 is 0. The van der Waals surface area contributed by atoms with Gasteiger partial charge in [-0.15, -0.1) is 0 Å². The number of nitrogens with zero attached hydrogens (tertiary/aromatic N) is 1. The molecule has 3 N–H and O–H groups in total. The van der Waals surface area contributed by atoms with E-state index in [1.165, 1.54) is 24.8 Å². The van der Waals surface area contributed by atoms with Crippen molar-refractivity contribution in [2.75, 3.05) is 18.8 Å². The van der Waals surface area contributed by atoms with Gasteiger partial charge in [-0.2, -0.15) is 0 Å². The fraction of sp³-hybridized carbons (Fsp3) is 0.647. The molecule has 3 rings (SSSR count). The van der Waals surface area contributed by atoms with Gasteiger partial charge in [0.1, 0.15) is 0 Å². The lowest BCUT2D eigenvalue weighted by atomic mass is 9.71. The first-order chi connectivity index (χ1) is 9.58. The number of hydrogen-bond donors (Lipinski definition) is 2. The molecule has 1 aromatic rings. The molecule has 0 aromatic heterocycles. The van der Waals surface area contributed by atoms with E-state index in [4.69, 9.17) is 5.73 Å². The molecule has 3 atom stereocenters. The molecule has 1 aliphatic heterocycles. The van der Waals surface area contributed by atoms with Gasteiger partial charge in [0.05, 0.1) is 5.60 Å². The third-order valence-electron chi connectivity index (χ3n) is 5.40. The molecule has 1 saturated heterocycles. The zero-order valence-electron chi connectivity index (χ0n) is 12.4. The second-order valence-electron chi connectivity index (χ2n) is 6.64. The molecule has 20 heavy (non-hydrogen) atoms. The summed E-state index contributed by atoms with van der Waals surface area (Å²) in [6.45, 7) is 4.26. The smallest absolute Gasteiger partial charge is 0.0700 e. The van der Waals surface area contributed by atoms with Crippen molar-refractivity contribution in [3.63, 3.8) is 0 Å². The lowest BCUT2D eigenvalue weighted by Crippen LogP contribution is -2.53. The van der Waals surface area contributed by atoms with Crippen LogP contribution in [0.3, 0.4) is 0 Å². The molecule has 3 unspecified atom stereocenters. The molecule has 1 saturated carbocycles. The van der Waals surface area contributed by atoms with Crippen LogP contribution in [-0.4, -0.2) is 28.7 Å². The van der Waals surface area contributed by atoms with Gasteiger partial charge in [0.2, 0.25) is 0 Å². The van der Waals surface area contributed by atoms with Gasteiger partial charge in [0, 0.05) is 30.7 Å². The average Bonchev–Trinajstić information content (AvgIpc) is 2.45. The van der Waals surface area contributed by atoms with E-state index in [2.05, 4.69) is 24.0 Å². The van der Waals surface area contributed by atoms with Crippen LogP contribution in [0.5, 0.6) is 0 Å². The minimum atomic E-state index is -0.385. The summed E-state index contributed by atoms with van der Waals surface area (Å²) in [7, 11) is 0. The van der Waals surface area contributed by atoms with Gasteiger partial charge in [-0.3, -0.25) is 4.90 Å². The zero-order valence-corrected chi connectivity index (χ0v) is 12.4. The van der Waals surface area contributed by atoms with Crippen molar-refractivity contribution in [1.82, 2.24) is 4.90 Å². The Hall–Kier alpha value is -1.06. The molecule has 0 radical (unpaired) electrons. The van der Waals surface area contributed by atoms with Crippen LogP contribution >= 0.6 is 0 Å². The number of aliphatic hydroxyl groups is 1. The van der Waals surface area contributed by atoms with Crippen molar-refractivity contribution in [1.29, 1.82) is 0 Å². The first kappa shape index (κ1) is 13.9. The maximum atomic E-state index is 10.8. The Kier molecular flexibility index (Phi) is 3.74. The lowest BCUT2D eigenvalue weighted by molar-refractivity contribution is -0.102. The highest BCUT2D eigenvalue weighted by atomic mass is 16.3. The van der Waals surface area contributed by atoms with Crippen molar-refractivity contribution in [3.05, 3.63) is 29.8 Å². The normalized spacial score (nSPS) is 32.6. The van der Waals surface area contributed by atoms with Crippen LogP contribution in [0.4, 0.5) is 5.69 Å². The number of nitrogens with two attached hydrogens (primary N) is 1. The lowest BCUT2D eigenvalue weighted by Gasteiger charge is -2.49. The molecular weight excluding hydrogens is 248 g/mol. The van der Waals surface area contributed by atoms with Crippen LogP contribution in [0.15, 0.2) is 24.3 Å². The molecule has 1 heterocycles. The van der Waals surface area contributed by atoms with Gasteiger partial charge >= 0.3 is 0 Å². The van der Waals surface area contributed by atoms with E-state index in [1.807, 2.05) is 12.1 Å². The number of piperidine rings is 1. The van der Waals surface area contributed by atoms with Crippen molar-refractivity contribution in [3.8, 4) is 0 Å². The third-order valence-corrected chi connectivity index (χ3v) is 5.40. The molecule has 3 heteroatoms. The molecule has 110 valence electrons. The molecular formula is C17H26N2O. The number of likely N-dealkylation sites (tertiary alicyclic amines) is 1. The second-order valence-corrected chi connectivity index (χ2v) is 6.64. The Bertz CT molecular complexity index is 476. The van der Waals surface area contributed by atoms with E-state index in [9.17, 15) is 5.11 Å². The van der Waals surface area contributed by atoms with E-state index in [-0.39, 0.29) is 5.60 Å². The van der Waals surface area contributed by atoms with Crippen LogP contribution < -0.4 is 5.73 Å². The Morgan fingerprint density at radius 2 is 2.20 bits per heavy atom. The SMILES string of the molecule is CC(c1cccc(N)c1)N1CCC2(O)CCCCC2C1. The number of nitrogen functional groups attached to an aromatic ring is 1. The number of fused-ring (bicyclic) bond motifs is 1. The number of hydrogen-bond acceptors (Lipinski definition) is 3. The average molecular weight is 274 g/mol. The minimum absolute atomic E-state index is 0.380. The van der Waals surface area contributed by atoms with Crippen LogP contribution in [-0.2, 0) is 0 Å². The van der Waals surface area contributed by atoms with Gasteiger partial charge in [-0.1, -0.05) is 25.0 Å². The van der Waals surface area contributed by atoms with Gasteiger partial charge in [0.15, 0.2) is 0 Å². The Balaban J connectivity index is 1.72. The van der Waals surface area contributed by atoms with Crippen LogP contribution in [0.1, 0.15) is 50.6 Å². The van der Waals surface area contributed by atoms with Crippen LogP contribution in [0.2, 0.25) is 0 Å². The fourth-order valence-electron chi connectivity index (χ4n) is 3.98. The van der Waals surface area contributed by atoms with Crippen LogP contribution in [0.25, 0.3) is 0 Å². The van der Waals surface area contributed by atoms with E-state index in [0.717, 1.165) is 31.6 Å². The molecule has 0 amide bonds. The summed E-state index contributed by atoms with van der Waals surface area (Å²) in [5, 5.41) is 10.8. The number of anilines is 1. The monoisotopic (exact) mass is 274 g/mol. The molecule has 2 aliphatic rings. The topological polar surface area (TPSA) is 49.5 Å². The Morgan fingerprint density at radius 1 is 1.35 bits per heavy atom.